The lowest BCUT2D eigenvalue weighted by Crippen LogP contribution is -2.38. The quantitative estimate of drug-likeness (QED) is 0.795. The molecule has 1 aliphatic rings. The first-order valence-corrected chi connectivity index (χ1v) is 8.78. The Bertz CT molecular complexity index is 736. The third-order valence-electron chi connectivity index (χ3n) is 3.96. The fourth-order valence-electron chi connectivity index (χ4n) is 2.73. The van der Waals surface area contributed by atoms with Crippen LogP contribution < -0.4 is 15.4 Å². The second kappa shape index (κ2) is 7.49. The molecule has 2 aromatic carbocycles. The third kappa shape index (κ3) is 3.76. The van der Waals surface area contributed by atoms with Crippen molar-refractivity contribution in [3.8, 4) is 11.5 Å². The van der Waals surface area contributed by atoms with Gasteiger partial charge < -0.3 is 20.5 Å². The van der Waals surface area contributed by atoms with Crippen molar-refractivity contribution in [1.29, 1.82) is 0 Å². The summed E-state index contributed by atoms with van der Waals surface area (Å²) in [5.74, 6) is 1.48. The monoisotopic (exact) mass is 344 g/mol. The number of carbonyl (C=O) groups excluding carboxylic acids is 1. The Balaban J connectivity index is 1.58. The van der Waals surface area contributed by atoms with E-state index in [-0.39, 0.29) is 17.8 Å². The summed E-state index contributed by atoms with van der Waals surface area (Å²) in [5.41, 5.74) is 1.98. The Kier molecular flexibility index (Phi) is 5.15. The number of benzene rings is 2. The van der Waals surface area contributed by atoms with Gasteiger partial charge in [-0.05, 0) is 35.7 Å². The minimum Gasteiger partial charge on any atom is -0.504 e. The molecule has 0 unspecified atom stereocenters. The number of aromatic hydroxyl groups is 1. The molecule has 5 nitrogen and oxygen atoms in total. The van der Waals surface area contributed by atoms with E-state index in [0.717, 1.165) is 17.7 Å². The third-order valence-corrected chi connectivity index (χ3v) is 5.08. The van der Waals surface area contributed by atoms with Crippen molar-refractivity contribution in [2.45, 2.75) is 23.9 Å². The molecule has 2 amide bonds. The van der Waals surface area contributed by atoms with Crippen molar-refractivity contribution in [1.82, 2.24) is 10.6 Å². The lowest BCUT2D eigenvalue weighted by molar-refractivity contribution is 0.236. The smallest absolute Gasteiger partial charge is 0.315 e. The first-order valence-electron chi connectivity index (χ1n) is 7.79. The Morgan fingerprint density at radius 2 is 2.17 bits per heavy atom. The lowest BCUT2D eigenvalue weighted by atomic mass is 10.0. The number of methoxy groups -OCH3 is 1. The number of carbonyl (C=O) groups is 1. The van der Waals surface area contributed by atoms with Gasteiger partial charge >= 0.3 is 6.03 Å². The molecule has 0 saturated carbocycles. The van der Waals surface area contributed by atoms with Crippen molar-refractivity contribution in [3.63, 3.8) is 0 Å². The number of urea groups is 1. The highest BCUT2D eigenvalue weighted by molar-refractivity contribution is 7.99. The van der Waals surface area contributed by atoms with E-state index in [2.05, 4.69) is 22.8 Å². The predicted octanol–water partition coefficient (Wildman–Crippen LogP) is 3.44. The molecule has 1 aliphatic heterocycles. The second-order valence-corrected chi connectivity index (χ2v) is 6.70. The van der Waals surface area contributed by atoms with E-state index in [9.17, 15) is 9.90 Å². The standard InChI is InChI=1S/C18H20N2O3S/c1-23-16-7-6-12(10-15(16)21)11-19-18(22)20-14-8-9-24-17-5-3-2-4-13(14)17/h2-7,10,14,21H,8-9,11H2,1H3,(H2,19,20,22)/t14-/m0/s1. The van der Waals surface area contributed by atoms with Crippen LogP contribution in [-0.2, 0) is 6.54 Å². The number of fused-ring (bicyclic) bond motifs is 1. The number of hydrogen-bond donors (Lipinski definition) is 3. The van der Waals surface area contributed by atoms with Crippen molar-refractivity contribution in [2.24, 2.45) is 0 Å². The zero-order valence-corrected chi connectivity index (χ0v) is 14.2. The van der Waals surface area contributed by atoms with Crippen LogP contribution in [0.15, 0.2) is 47.4 Å². The average Bonchev–Trinajstić information content (AvgIpc) is 2.60. The van der Waals surface area contributed by atoms with Crippen molar-refractivity contribution < 1.29 is 14.6 Å². The van der Waals surface area contributed by atoms with Gasteiger partial charge in [0.1, 0.15) is 0 Å². The number of ether oxygens (including phenoxy) is 1. The van der Waals surface area contributed by atoms with Gasteiger partial charge in [0.15, 0.2) is 11.5 Å². The van der Waals surface area contributed by atoms with Crippen LogP contribution >= 0.6 is 11.8 Å². The van der Waals surface area contributed by atoms with Crippen LogP contribution in [-0.4, -0.2) is 24.0 Å². The van der Waals surface area contributed by atoms with Gasteiger partial charge in [-0.15, -0.1) is 11.8 Å². The molecule has 24 heavy (non-hydrogen) atoms. The van der Waals surface area contributed by atoms with Crippen LogP contribution in [0.25, 0.3) is 0 Å². The largest absolute Gasteiger partial charge is 0.504 e. The van der Waals surface area contributed by atoms with Crippen LogP contribution in [0.4, 0.5) is 4.79 Å². The van der Waals surface area contributed by atoms with Gasteiger partial charge in [0.2, 0.25) is 0 Å². The highest BCUT2D eigenvalue weighted by Gasteiger charge is 2.21. The van der Waals surface area contributed by atoms with Crippen molar-refractivity contribution >= 4 is 17.8 Å². The summed E-state index contributed by atoms with van der Waals surface area (Å²) in [6, 6.07) is 13.1. The molecule has 1 heterocycles. The molecule has 0 saturated heterocycles. The second-order valence-electron chi connectivity index (χ2n) is 5.56. The van der Waals surface area contributed by atoms with Gasteiger partial charge in [-0.25, -0.2) is 4.79 Å². The van der Waals surface area contributed by atoms with Crippen LogP contribution in [0.1, 0.15) is 23.6 Å². The molecular weight excluding hydrogens is 324 g/mol. The molecule has 1 atom stereocenters. The summed E-state index contributed by atoms with van der Waals surface area (Å²) in [6.07, 6.45) is 0.915. The SMILES string of the molecule is COc1ccc(CNC(=O)N[C@H]2CCSc3ccccc32)cc1O. The minimum atomic E-state index is -0.211. The molecule has 126 valence electrons. The van der Waals surface area contributed by atoms with Gasteiger partial charge in [-0.3, -0.25) is 0 Å². The maximum atomic E-state index is 12.2. The van der Waals surface area contributed by atoms with E-state index in [1.165, 1.54) is 17.6 Å². The molecule has 0 bridgehead atoms. The Hall–Kier alpha value is -2.34. The molecule has 0 aliphatic carbocycles. The number of hydrogen-bond acceptors (Lipinski definition) is 4. The highest BCUT2D eigenvalue weighted by Crippen LogP contribution is 2.35. The Morgan fingerprint density at radius 1 is 1.33 bits per heavy atom. The summed E-state index contributed by atoms with van der Waals surface area (Å²) < 4.78 is 5.01. The number of amides is 2. The molecule has 3 N–H and O–H groups in total. The molecule has 0 fully saturated rings. The van der Waals surface area contributed by atoms with Gasteiger partial charge in [-0.1, -0.05) is 24.3 Å². The molecule has 2 aromatic rings. The molecule has 0 radical (unpaired) electrons. The van der Waals surface area contributed by atoms with E-state index in [4.69, 9.17) is 4.74 Å². The summed E-state index contributed by atoms with van der Waals surface area (Å²) >= 11 is 1.82. The maximum absolute atomic E-state index is 12.2. The highest BCUT2D eigenvalue weighted by atomic mass is 32.2. The fourth-order valence-corrected chi connectivity index (χ4v) is 3.85. The Morgan fingerprint density at radius 3 is 2.96 bits per heavy atom. The number of phenols is 1. The maximum Gasteiger partial charge on any atom is 0.315 e. The molecular formula is C18H20N2O3S. The van der Waals surface area contributed by atoms with Crippen LogP contribution in [0.2, 0.25) is 0 Å². The molecule has 3 rings (SSSR count). The predicted molar refractivity (Wildman–Crippen MR) is 94.6 cm³/mol. The van der Waals surface area contributed by atoms with E-state index >= 15 is 0 Å². The molecule has 0 aromatic heterocycles. The van der Waals surface area contributed by atoms with Crippen LogP contribution in [0, 0.1) is 0 Å². The lowest BCUT2D eigenvalue weighted by Gasteiger charge is -2.26. The van der Waals surface area contributed by atoms with Gasteiger partial charge in [-0.2, -0.15) is 0 Å². The van der Waals surface area contributed by atoms with Gasteiger partial charge in [0, 0.05) is 17.2 Å². The minimum absolute atomic E-state index is 0.0340. The zero-order valence-electron chi connectivity index (χ0n) is 13.4. The number of phenolic OH excluding ortho intramolecular Hbond substituents is 1. The van der Waals surface area contributed by atoms with Gasteiger partial charge in [0.05, 0.1) is 13.2 Å². The number of nitrogens with one attached hydrogen (secondary N) is 2. The normalized spacial score (nSPS) is 16.1. The molecule has 0 spiro atoms. The molecule has 6 heteroatoms. The van der Waals surface area contributed by atoms with Crippen molar-refractivity contribution in [2.75, 3.05) is 12.9 Å². The van der Waals surface area contributed by atoms with Gasteiger partial charge in [0.25, 0.3) is 0 Å². The van der Waals surface area contributed by atoms with Crippen LogP contribution in [0.5, 0.6) is 11.5 Å². The topological polar surface area (TPSA) is 70.6 Å². The van der Waals surface area contributed by atoms with Crippen LogP contribution in [0.3, 0.4) is 0 Å². The first-order chi connectivity index (χ1) is 11.7. The van der Waals surface area contributed by atoms with Crippen molar-refractivity contribution in [3.05, 3.63) is 53.6 Å². The fraction of sp³-hybridized carbons (Fsp3) is 0.278. The summed E-state index contributed by atoms with van der Waals surface area (Å²) in [4.78, 5) is 13.4. The van der Waals surface area contributed by atoms with E-state index in [0.29, 0.717) is 12.3 Å². The van der Waals surface area contributed by atoms with E-state index in [1.807, 2.05) is 30.0 Å². The average molecular weight is 344 g/mol. The summed E-state index contributed by atoms with van der Waals surface area (Å²) in [6.45, 7) is 0.340. The summed E-state index contributed by atoms with van der Waals surface area (Å²) in [5, 5.41) is 15.6. The van der Waals surface area contributed by atoms with E-state index in [1.54, 1.807) is 12.1 Å². The zero-order chi connectivity index (χ0) is 16.9. The van der Waals surface area contributed by atoms with E-state index < -0.39 is 0 Å². The first kappa shape index (κ1) is 16.5. The summed E-state index contributed by atoms with van der Waals surface area (Å²) in [7, 11) is 1.50. The number of thioether (sulfide) groups is 1. The Labute approximate surface area is 145 Å². The number of rotatable bonds is 4.